The second-order valence-electron chi connectivity index (χ2n) is 6.56. The molecule has 0 radical (unpaired) electrons. The summed E-state index contributed by atoms with van der Waals surface area (Å²) in [5.41, 5.74) is 0.775. The number of benzene rings is 5. The van der Waals surface area contributed by atoms with Gasteiger partial charge in [-0.2, -0.15) is 0 Å². The first-order valence-corrected chi connectivity index (χ1v) is 9.10. The Balaban J connectivity index is 0.000000170. The molecule has 0 fully saturated rings. The predicted molar refractivity (Wildman–Crippen MR) is 115 cm³/mol. The molecule has 1 heteroatoms. The lowest BCUT2D eigenvalue weighted by Gasteiger charge is -2.09. The van der Waals surface area contributed by atoms with E-state index in [4.69, 9.17) is 0 Å². The summed E-state index contributed by atoms with van der Waals surface area (Å²) in [6, 6.07) is 35.2. The van der Waals surface area contributed by atoms with Crippen molar-refractivity contribution < 1.29 is 4.79 Å². The molecule has 5 aromatic carbocycles. The topological polar surface area (TPSA) is 17.1 Å². The zero-order valence-electron chi connectivity index (χ0n) is 15.2. The smallest absolute Gasteiger partial charge is 0.159 e. The van der Waals surface area contributed by atoms with Crippen LogP contribution in [0.1, 0.15) is 17.3 Å². The number of rotatable bonds is 1. The van der Waals surface area contributed by atoms with Gasteiger partial charge in [0.15, 0.2) is 5.78 Å². The van der Waals surface area contributed by atoms with Crippen molar-refractivity contribution >= 4 is 38.1 Å². The van der Waals surface area contributed by atoms with Gasteiger partial charge < -0.3 is 0 Å². The third-order valence-corrected chi connectivity index (χ3v) is 4.83. The molecule has 1 nitrogen and oxygen atoms in total. The van der Waals surface area contributed by atoms with Gasteiger partial charge in [-0.05, 0) is 39.2 Å². The van der Waals surface area contributed by atoms with Gasteiger partial charge in [0.1, 0.15) is 0 Å². The summed E-state index contributed by atoms with van der Waals surface area (Å²) in [5, 5.41) is 8.04. The summed E-state index contributed by atoms with van der Waals surface area (Å²) < 4.78 is 0. The van der Waals surface area contributed by atoms with Crippen molar-refractivity contribution in [1.29, 1.82) is 0 Å². The Labute approximate surface area is 158 Å². The van der Waals surface area contributed by atoms with Gasteiger partial charge in [-0.3, -0.25) is 4.79 Å². The lowest BCUT2D eigenvalue weighted by molar-refractivity contribution is 0.101. The summed E-state index contributed by atoms with van der Waals surface area (Å²) in [4.78, 5) is 10.6. The molecule has 0 unspecified atom stereocenters. The number of carbonyl (C=O) groups excluding carboxylic acids is 1. The third-order valence-electron chi connectivity index (χ3n) is 4.83. The highest BCUT2D eigenvalue weighted by molar-refractivity contribution is 6.25. The van der Waals surface area contributed by atoms with Crippen LogP contribution in [0.25, 0.3) is 32.3 Å². The minimum Gasteiger partial charge on any atom is -0.295 e. The van der Waals surface area contributed by atoms with Crippen LogP contribution in [0.15, 0.2) is 103 Å². The van der Waals surface area contributed by atoms with Gasteiger partial charge in [-0.15, -0.1) is 0 Å². The molecule has 0 saturated carbocycles. The maximum atomic E-state index is 10.6. The van der Waals surface area contributed by atoms with Crippen LogP contribution in [0.4, 0.5) is 0 Å². The van der Waals surface area contributed by atoms with E-state index in [2.05, 4.69) is 72.8 Å². The first kappa shape index (κ1) is 17.0. The number of fused-ring (bicyclic) bond motifs is 6. The highest BCUT2D eigenvalue weighted by Gasteiger charge is 2.06. The Morgan fingerprint density at radius 1 is 0.444 bits per heavy atom. The molecular weight excluding hydrogens is 328 g/mol. The average Bonchev–Trinajstić information content (AvgIpc) is 2.75. The Bertz CT molecular complexity index is 1020. The van der Waals surface area contributed by atoms with Crippen LogP contribution in [0.2, 0.25) is 0 Å². The molecule has 27 heavy (non-hydrogen) atoms. The lowest BCUT2D eigenvalue weighted by Crippen LogP contribution is -1.88. The van der Waals surface area contributed by atoms with Crippen molar-refractivity contribution in [2.24, 2.45) is 0 Å². The quantitative estimate of drug-likeness (QED) is 0.235. The number of hydrogen-bond acceptors (Lipinski definition) is 1. The van der Waals surface area contributed by atoms with Crippen molar-refractivity contribution in [2.75, 3.05) is 0 Å². The minimum absolute atomic E-state index is 0.121. The fourth-order valence-electron chi connectivity index (χ4n) is 3.53. The monoisotopic (exact) mass is 348 g/mol. The molecule has 0 aliphatic heterocycles. The Morgan fingerprint density at radius 3 is 0.926 bits per heavy atom. The zero-order valence-corrected chi connectivity index (χ0v) is 15.2. The van der Waals surface area contributed by atoms with Crippen LogP contribution in [0, 0.1) is 0 Å². The molecule has 5 rings (SSSR count). The summed E-state index contributed by atoms with van der Waals surface area (Å²) >= 11 is 0. The van der Waals surface area contributed by atoms with E-state index in [1.54, 1.807) is 6.92 Å². The second-order valence-corrected chi connectivity index (χ2v) is 6.56. The second kappa shape index (κ2) is 7.43. The summed E-state index contributed by atoms with van der Waals surface area (Å²) in [7, 11) is 0. The van der Waals surface area contributed by atoms with Crippen molar-refractivity contribution in [3.05, 3.63) is 109 Å². The number of hydrogen-bond donors (Lipinski definition) is 0. The molecule has 0 N–H and O–H groups in total. The van der Waals surface area contributed by atoms with Crippen LogP contribution in [0.3, 0.4) is 0 Å². The van der Waals surface area contributed by atoms with Crippen LogP contribution in [-0.2, 0) is 0 Å². The Hall–Kier alpha value is -3.45. The van der Waals surface area contributed by atoms with E-state index in [-0.39, 0.29) is 5.78 Å². The van der Waals surface area contributed by atoms with Gasteiger partial charge in [0, 0.05) is 5.56 Å². The van der Waals surface area contributed by atoms with Crippen molar-refractivity contribution in [2.45, 2.75) is 6.92 Å². The molecule has 0 heterocycles. The largest absolute Gasteiger partial charge is 0.295 e. The van der Waals surface area contributed by atoms with Crippen LogP contribution < -0.4 is 0 Å². The summed E-state index contributed by atoms with van der Waals surface area (Å²) in [6.45, 7) is 1.56. The first-order chi connectivity index (χ1) is 13.3. The average molecular weight is 348 g/mol. The molecule has 0 aliphatic rings. The Morgan fingerprint density at radius 2 is 0.704 bits per heavy atom. The minimum atomic E-state index is 0.121. The van der Waals surface area contributed by atoms with E-state index in [9.17, 15) is 4.79 Å². The molecule has 0 bridgehead atoms. The van der Waals surface area contributed by atoms with Crippen LogP contribution in [0.5, 0.6) is 0 Å². The van der Waals surface area contributed by atoms with E-state index in [0.29, 0.717) is 0 Å². The maximum absolute atomic E-state index is 10.6. The first-order valence-electron chi connectivity index (χ1n) is 9.10. The molecule has 0 aliphatic carbocycles. The summed E-state index contributed by atoms with van der Waals surface area (Å²) in [6.07, 6.45) is 0. The van der Waals surface area contributed by atoms with Crippen molar-refractivity contribution in [3.63, 3.8) is 0 Å². The highest BCUT2D eigenvalue weighted by atomic mass is 16.1. The molecule has 5 aromatic rings. The fourth-order valence-corrected chi connectivity index (χ4v) is 3.53. The molecule has 0 saturated heterocycles. The number of Topliss-reactive ketones (excluding diaryl/α,β-unsaturated/α-hetero) is 1. The van der Waals surface area contributed by atoms with Crippen LogP contribution in [-0.4, -0.2) is 5.78 Å². The van der Waals surface area contributed by atoms with Gasteiger partial charge in [-0.1, -0.05) is 103 Å². The van der Waals surface area contributed by atoms with Crippen molar-refractivity contribution in [1.82, 2.24) is 0 Å². The number of ketones is 1. The third kappa shape index (κ3) is 3.32. The van der Waals surface area contributed by atoms with Gasteiger partial charge in [0.25, 0.3) is 0 Å². The molecule has 130 valence electrons. The zero-order chi connectivity index (χ0) is 18.6. The van der Waals surface area contributed by atoms with E-state index < -0.39 is 0 Å². The fraction of sp³-hybridized carbons (Fsp3) is 0.0385. The molecule has 0 spiro atoms. The number of carbonyl (C=O) groups is 1. The molecular formula is C26H20O. The lowest BCUT2D eigenvalue weighted by atomic mass is 9.95. The van der Waals surface area contributed by atoms with Crippen LogP contribution >= 0.6 is 0 Å². The molecule has 0 amide bonds. The van der Waals surface area contributed by atoms with E-state index in [0.717, 1.165) is 5.56 Å². The van der Waals surface area contributed by atoms with E-state index in [1.165, 1.54) is 32.3 Å². The summed E-state index contributed by atoms with van der Waals surface area (Å²) in [5.74, 6) is 0.121. The van der Waals surface area contributed by atoms with Gasteiger partial charge in [0.05, 0.1) is 0 Å². The van der Waals surface area contributed by atoms with Gasteiger partial charge >= 0.3 is 0 Å². The highest BCUT2D eigenvalue weighted by Crippen LogP contribution is 2.34. The standard InChI is InChI=1S/C18H12.C8H8O/c1-2-8-14-13(7-1)15-9-3-4-11-17(15)18-12-6-5-10-16(14)18;1-7(9)8-5-3-2-4-6-8/h1-12H;2-6H,1H3. The van der Waals surface area contributed by atoms with Crippen molar-refractivity contribution in [3.8, 4) is 0 Å². The maximum Gasteiger partial charge on any atom is 0.159 e. The van der Waals surface area contributed by atoms with Gasteiger partial charge in [-0.25, -0.2) is 0 Å². The molecule has 0 atom stereocenters. The normalized spacial score (nSPS) is 10.6. The predicted octanol–water partition coefficient (Wildman–Crippen LogP) is 7.04. The van der Waals surface area contributed by atoms with Gasteiger partial charge in [0.2, 0.25) is 0 Å². The molecule has 0 aromatic heterocycles. The Kier molecular flexibility index (Phi) is 4.67. The van der Waals surface area contributed by atoms with E-state index in [1.807, 2.05) is 30.3 Å². The van der Waals surface area contributed by atoms with E-state index >= 15 is 0 Å². The SMILES string of the molecule is CC(=O)c1ccccc1.c1ccc2c(c1)c1ccccc1c1ccccc21.